The molecule has 0 amide bonds. The molecule has 0 radical (unpaired) electrons. The van der Waals surface area contributed by atoms with E-state index in [2.05, 4.69) is 54.3 Å². The maximum absolute atomic E-state index is 9.10. The summed E-state index contributed by atoms with van der Waals surface area (Å²) in [6, 6.07) is 6.38. The van der Waals surface area contributed by atoms with Gasteiger partial charge in [-0.25, -0.2) is 9.59 Å². The lowest BCUT2D eigenvalue weighted by Gasteiger charge is -2.43. The largest absolute Gasteiger partial charge is 0.475 e. The Morgan fingerprint density at radius 1 is 1.35 bits per heavy atom. The molecule has 0 fully saturated rings. The first-order valence-electron chi connectivity index (χ1n) is 8.55. The normalized spacial score (nSPS) is 20.7. The van der Waals surface area contributed by atoms with Crippen LogP contribution in [-0.4, -0.2) is 60.3 Å². The summed E-state index contributed by atoms with van der Waals surface area (Å²) >= 11 is 0. The number of rotatable bonds is 3. The summed E-state index contributed by atoms with van der Waals surface area (Å²) in [5.41, 5.74) is 2.12. The zero-order valence-corrected chi connectivity index (χ0v) is 15.3. The SMILES string of the molecule is CCCC1(C2=NCCN2)CN(C)c2cc(C)ccc2O1.O=C(O)C(=O)O. The first kappa shape index (κ1) is 19.6. The number of aliphatic imine (C=N–C) groups is 1. The van der Waals surface area contributed by atoms with Crippen molar-refractivity contribution in [2.45, 2.75) is 32.3 Å². The fraction of sp³-hybridized carbons (Fsp3) is 0.500. The Morgan fingerprint density at radius 3 is 2.58 bits per heavy atom. The molecular formula is C18H25N3O5. The van der Waals surface area contributed by atoms with Crippen molar-refractivity contribution in [3.63, 3.8) is 0 Å². The van der Waals surface area contributed by atoms with Crippen LogP contribution in [0.5, 0.6) is 5.75 Å². The van der Waals surface area contributed by atoms with Crippen LogP contribution in [0.3, 0.4) is 0 Å². The van der Waals surface area contributed by atoms with Crippen LogP contribution in [0.25, 0.3) is 0 Å². The van der Waals surface area contributed by atoms with Crippen LogP contribution < -0.4 is 15.0 Å². The van der Waals surface area contributed by atoms with E-state index in [9.17, 15) is 0 Å². The maximum atomic E-state index is 9.10. The number of anilines is 1. The summed E-state index contributed by atoms with van der Waals surface area (Å²) in [7, 11) is 2.14. The Bertz CT molecular complexity index is 707. The van der Waals surface area contributed by atoms with Gasteiger partial charge in [-0.05, 0) is 31.0 Å². The van der Waals surface area contributed by atoms with Crippen LogP contribution in [0.15, 0.2) is 23.2 Å². The fourth-order valence-electron chi connectivity index (χ4n) is 3.20. The molecule has 3 N–H and O–H groups in total. The second kappa shape index (κ2) is 8.07. The highest BCUT2D eigenvalue weighted by molar-refractivity contribution is 6.27. The van der Waals surface area contributed by atoms with Crippen molar-refractivity contribution in [2.75, 3.05) is 31.6 Å². The Balaban J connectivity index is 0.000000352. The molecule has 1 atom stereocenters. The lowest BCUT2D eigenvalue weighted by atomic mass is 9.93. The smallest absolute Gasteiger partial charge is 0.414 e. The van der Waals surface area contributed by atoms with Gasteiger partial charge in [0.05, 0.1) is 18.8 Å². The van der Waals surface area contributed by atoms with Crippen LogP contribution >= 0.6 is 0 Å². The first-order valence-corrected chi connectivity index (χ1v) is 8.55. The molecule has 8 heteroatoms. The number of nitrogens with zero attached hydrogens (tertiary/aromatic N) is 2. The zero-order chi connectivity index (χ0) is 19.3. The summed E-state index contributed by atoms with van der Waals surface area (Å²) in [6.07, 6.45) is 2.06. The van der Waals surface area contributed by atoms with Crippen molar-refractivity contribution in [1.29, 1.82) is 0 Å². The molecule has 1 aromatic carbocycles. The minimum Gasteiger partial charge on any atom is -0.475 e. The van der Waals surface area contributed by atoms with Crippen molar-refractivity contribution < 1.29 is 24.5 Å². The Morgan fingerprint density at radius 2 is 2.04 bits per heavy atom. The Labute approximate surface area is 152 Å². The van der Waals surface area contributed by atoms with Crippen molar-refractivity contribution in [3.05, 3.63) is 23.8 Å². The van der Waals surface area contributed by atoms with E-state index >= 15 is 0 Å². The number of carboxylic acids is 2. The summed E-state index contributed by atoms with van der Waals surface area (Å²) in [5, 5.41) is 18.2. The average Bonchev–Trinajstić information content (AvgIpc) is 3.12. The van der Waals surface area contributed by atoms with Gasteiger partial charge in [0.1, 0.15) is 11.6 Å². The third kappa shape index (κ3) is 4.25. The summed E-state index contributed by atoms with van der Waals surface area (Å²) in [5.74, 6) is -1.66. The summed E-state index contributed by atoms with van der Waals surface area (Å²) in [4.78, 5) is 25.1. The van der Waals surface area contributed by atoms with E-state index in [0.717, 1.165) is 44.1 Å². The van der Waals surface area contributed by atoms with Crippen molar-refractivity contribution >= 4 is 23.5 Å². The number of amidine groups is 1. The topological polar surface area (TPSA) is 111 Å². The highest BCUT2D eigenvalue weighted by atomic mass is 16.5. The first-order chi connectivity index (χ1) is 12.3. The van der Waals surface area contributed by atoms with Crippen LogP contribution in [0, 0.1) is 6.92 Å². The van der Waals surface area contributed by atoms with E-state index in [1.807, 2.05) is 0 Å². The molecule has 0 saturated carbocycles. The lowest BCUT2D eigenvalue weighted by Crippen LogP contribution is -2.58. The van der Waals surface area contributed by atoms with E-state index < -0.39 is 11.9 Å². The summed E-state index contributed by atoms with van der Waals surface area (Å²) in [6.45, 7) is 6.95. The molecular weight excluding hydrogens is 338 g/mol. The third-order valence-corrected chi connectivity index (χ3v) is 4.27. The molecule has 8 nitrogen and oxygen atoms in total. The molecule has 1 unspecified atom stereocenters. The highest BCUT2D eigenvalue weighted by Crippen LogP contribution is 2.39. The molecule has 0 bridgehead atoms. The molecule has 0 spiro atoms. The van der Waals surface area contributed by atoms with E-state index in [1.165, 1.54) is 11.3 Å². The number of likely N-dealkylation sites (N-methyl/N-ethyl adjacent to an activating group) is 1. The van der Waals surface area contributed by atoms with E-state index in [4.69, 9.17) is 24.5 Å². The fourth-order valence-corrected chi connectivity index (χ4v) is 3.20. The molecule has 0 aliphatic carbocycles. The number of ether oxygens (including phenoxy) is 1. The molecule has 2 aliphatic heterocycles. The van der Waals surface area contributed by atoms with Crippen molar-refractivity contribution in [3.8, 4) is 5.75 Å². The van der Waals surface area contributed by atoms with Gasteiger partial charge in [-0.15, -0.1) is 0 Å². The van der Waals surface area contributed by atoms with Crippen molar-refractivity contribution in [2.24, 2.45) is 4.99 Å². The minimum atomic E-state index is -1.82. The van der Waals surface area contributed by atoms with Gasteiger partial charge in [0.25, 0.3) is 0 Å². The Hall–Kier alpha value is -2.77. The second-order valence-corrected chi connectivity index (χ2v) is 6.44. The van der Waals surface area contributed by atoms with Gasteiger partial charge in [0, 0.05) is 13.6 Å². The van der Waals surface area contributed by atoms with Gasteiger partial charge < -0.3 is 25.2 Å². The number of hydrogen-bond acceptors (Lipinski definition) is 6. The van der Waals surface area contributed by atoms with Gasteiger partial charge in [0.15, 0.2) is 5.60 Å². The van der Waals surface area contributed by atoms with Gasteiger partial charge in [0.2, 0.25) is 0 Å². The highest BCUT2D eigenvalue weighted by Gasteiger charge is 2.43. The molecule has 1 aromatic rings. The van der Waals surface area contributed by atoms with Crippen LogP contribution in [-0.2, 0) is 9.59 Å². The number of fused-ring (bicyclic) bond motifs is 1. The van der Waals surface area contributed by atoms with E-state index in [0.29, 0.717) is 0 Å². The van der Waals surface area contributed by atoms with Gasteiger partial charge in [-0.3, -0.25) is 4.99 Å². The van der Waals surface area contributed by atoms with Crippen LogP contribution in [0.2, 0.25) is 0 Å². The maximum Gasteiger partial charge on any atom is 0.414 e. The van der Waals surface area contributed by atoms with E-state index in [-0.39, 0.29) is 5.60 Å². The predicted octanol–water partition coefficient (Wildman–Crippen LogP) is 1.52. The lowest BCUT2D eigenvalue weighted by molar-refractivity contribution is -0.159. The van der Waals surface area contributed by atoms with Crippen LogP contribution in [0.1, 0.15) is 25.3 Å². The van der Waals surface area contributed by atoms with Gasteiger partial charge in [-0.2, -0.15) is 0 Å². The number of nitrogens with one attached hydrogen (secondary N) is 1. The Kier molecular flexibility index (Phi) is 6.07. The monoisotopic (exact) mass is 363 g/mol. The number of aliphatic carboxylic acids is 2. The predicted molar refractivity (Wildman–Crippen MR) is 98.3 cm³/mol. The number of benzene rings is 1. The van der Waals surface area contributed by atoms with Crippen LogP contribution in [0.4, 0.5) is 5.69 Å². The number of carbonyl (C=O) groups is 2. The molecule has 26 heavy (non-hydrogen) atoms. The van der Waals surface area contributed by atoms with Gasteiger partial charge in [-0.1, -0.05) is 19.4 Å². The standard InChI is InChI=1S/C16H23N3O.C2H2O4/c1-4-7-16(15-17-8-9-18-15)11-19(3)13-10-12(2)5-6-14(13)20-16;3-1(4)2(5)6/h5-6,10H,4,7-9,11H2,1-3H3,(H,17,18);(H,3,4)(H,5,6). The molecule has 2 aliphatic rings. The second-order valence-electron chi connectivity index (χ2n) is 6.44. The third-order valence-electron chi connectivity index (χ3n) is 4.27. The minimum absolute atomic E-state index is 0.317. The number of hydrogen-bond donors (Lipinski definition) is 3. The van der Waals surface area contributed by atoms with Gasteiger partial charge >= 0.3 is 11.9 Å². The van der Waals surface area contributed by atoms with Crippen molar-refractivity contribution in [1.82, 2.24) is 5.32 Å². The molecule has 3 rings (SSSR count). The number of carboxylic acid groups (broad SMARTS) is 2. The molecule has 142 valence electrons. The number of aryl methyl sites for hydroxylation is 1. The average molecular weight is 363 g/mol. The molecule has 2 heterocycles. The summed E-state index contributed by atoms with van der Waals surface area (Å²) < 4.78 is 6.43. The zero-order valence-electron chi connectivity index (χ0n) is 15.3. The quantitative estimate of drug-likeness (QED) is 0.698. The molecule has 0 saturated heterocycles. The molecule has 0 aromatic heterocycles. The van der Waals surface area contributed by atoms with E-state index in [1.54, 1.807) is 0 Å².